The molecule has 0 spiro atoms. The Hall–Kier alpha value is -0.280. The summed E-state index contributed by atoms with van der Waals surface area (Å²) in [7, 11) is 0. The number of nitrogens with two attached hydrogens (primary N) is 1. The van der Waals surface area contributed by atoms with Gasteiger partial charge in [0.2, 0.25) is 0 Å². The molecule has 3 nitrogen and oxygen atoms in total. The largest absolute Gasteiger partial charge is 0.466 e. The first-order chi connectivity index (χ1) is 5.40. The second-order valence-corrected chi connectivity index (χ2v) is 3.76. The number of rotatable bonds is 4. The second-order valence-electron chi connectivity index (χ2n) is 3.76. The van der Waals surface area contributed by atoms with E-state index in [0.29, 0.717) is 13.0 Å². The summed E-state index contributed by atoms with van der Waals surface area (Å²) in [6, 6.07) is 0.00176. The predicted molar refractivity (Wildman–Crippen MR) is 55.9 cm³/mol. The van der Waals surface area contributed by atoms with Crippen molar-refractivity contribution in [2.45, 2.75) is 40.2 Å². The molecule has 0 aromatic rings. The summed E-state index contributed by atoms with van der Waals surface area (Å²) in [6.45, 7) is 8.08. The lowest BCUT2D eigenvalue weighted by molar-refractivity contribution is -0.145. The summed E-state index contributed by atoms with van der Waals surface area (Å²) >= 11 is 0. The molecule has 0 radical (unpaired) electrons. The summed E-state index contributed by atoms with van der Waals surface area (Å²) in [5.74, 6) is -0.167. The first-order valence-electron chi connectivity index (χ1n) is 4.31. The van der Waals surface area contributed by atoms with E-state index in [4.69, 9.17) is 10.5 Å². The van der Waals surface area contributed by atoms with Crippen LogP contribution >= 0.6 is 12.4 Å². The maximum atomic E-state index is 11.1. The molecule has 1 atom stereocenters. The van der Waals surface area contributed by atoms with Gasteiger partial charge in [-0.3, -0.25) is 4.79 Å². The van der Waals surface area contributed by atoms with Crippen LogP contribution in [0.15, 0.2) is 0 Å². The Labute approximate surface area is 86.4 Å². The van der Waals surface area contributed by atoms with E-state index in [2.05, 4.69) is 0 Å². The van der Waals surface area contributed by atoms with E-state index in [1.54, 1.807) is 6.92 Å². The fourth-order valence-corrected chi connectivity index (χ4v) is 0.745. The summed E-state index contributed by atoms with van der Waals surface area (Å²) in [5.41, 5.74) is 5.53. The number of hydrogen-bond acceptors (Lipinski definition) is 3. The van der Waals surface area contributed by atoms with E-state index in [0.717, 1.165) is 0 Å². The van der Waals surface area contributed by atoms with Gasteiger partial charge in [0.25, 0.3) is 0 Å². The van der Waals surface area contributed by atoms with Crippen molar-refractivity contribution in [1.82, 2.24) is 0 Å². The first-order valence-corrected chi connectivity index (χ1v) is 4.31. The number of ether oxygens (including phenoxy) is 1. The van der Waals surface area contributed by atoms with Gasteiger partial charge in [0.1, 0.15) is 0 Å². The molecule has 0 saturated heterocycles. The minimum Gasteiger partial charge on any atom is -0.466 e. The SMILES string of the molecule is CCOC(=O)CC(C)(C)C(C)N.Cl. The topological polar surface area (TPSA) is 52.3 Å². The van der Waals surface area contributed by atoms with Crippen molar-refractivity contribution < 1.29 is 9.53 Å². The van der Waals surface area contributed by atoms with Gasteiger partial charge in [0.05, 0.1) is 13.0 Å². The lowest BCUT2D eigenvalue weighted by Crippen LogP contribution is -2.36. The lowest BCUT2D eigenvalue weighted by atomic mass is 9.83. The van der Waals surface area contributed by atoms with E-state index < -0.39 is 0 Å². The third-order valence-corrected chi connectivity index (χ3v) is 2.14. The molecule has 80 valence electrons. The molecule has 13 heavy (non-hydrogen) atoms. The van der Waals surface area contributed by atoms with Crippen LogP contribution in [0.3, 0.4) is 0 Å². The fourth-order valence-electron chi connectivity index (χ4n) is 0.745. The van der Waals surface area contributed by atoms with E-state index in [1.807, 2.05) is 20.8 Å². The average Bonchev–Trinajstić information content (AvgIpc) is 1.85. The number of hydrogen-bond donors (Lipinski definition) is 1. The van der Waals surface area contributed by atoms with E-state index in [-0.39, 0.29) is 29.8 Å². The molecule has 0 heterocycles. The Kier molecular flexibility index (Phi) is 7.27. The van der Waals surface area contributed by atoms with Crippen LogP contribution in [0.2, 0.25) is 0 Å². The molecule has 0 aliphatic carbocycles. The normalized spacial score (nSPS) is 13.0. The maximum Gasteiger partial charge on any atom is 0.306 e. The van der Waals surface area contributed by atoms with Gasteiger partial charge in [-0.05, 0) is 19.3 Å². The minimum atomic E-state index is -0.174. The molecule has 0 aromatic heterocycles. The average molecular weight is 210 g/mol. The standard InChI is InChI=1S/C9H19NO2.ClH/c1-5-12-8(11)6-9(3,4)7(2)10;/h7H,5-6,10H2,1-4H3;1H. The van der Waals surface area contributed by atoms with Crippen LogP contribution in [0.5, 0.6) is 0 Å². The molecule has 0 aromatic carbocycles. The van der Waals surface area contributed by atoms with E-state index >= 15 is 0 Å². The predicted octanol–water partition coefficient (Wildman–Crippen LogP) is 1.73. The van der Waals surface area contributed by atoms with Crippen molar-refractivity contribution in [3.63, 3.8) is 0 Å². The quantitative estimate of drug-likeness (QED) is 0.718. The molecular formula is C9H20ClNO2. The van der Waals surface area contributed by atoms with Gasteiger partial charge in [-0.25, -0.2) is 0 Å². The smallest absolute Gasteiger partial charge is 0.306 e. The summed E-state index contributed by atoms with van der Waals surface area (Å²) < 4.78 is 4.83. The zero-order chi connectivity index (χ0) is 9.78. The van der Waals surface area contributed by atoms with Crippen LogP contribution in [-0.4, -0.2) is 18.6 Å². The van der Waals surface area contributed by atoms with Crippen molar-refractivity contribution in [3.05, 3.63) is 0 Å². The second kappa shape index (κ2) is 6.22. The van der Waals surface area contributed by atoms with Gasteiger partial charge in [-0.15, -0.1) is 12.4 Å². The van der Waals surface area contributed by atoms with Crippen LogP contribution in [0, 0.1) is 5.41 Å². The maximum absolute atomic E-state index is 11.1. The Morgan fingerprint density at radius 2 is 2.00 bits per heavy atom. The van der Waals surface area contributed by atoms with Crippen molar-refractivity contribution in [2.75, 3.05) is 6.61 Å². The van der Waals surface area contributed by atoms with E-state index in [1.165, 1.54) is 0 Å². The third-order valence-electron chi connectivity index (χ3n) is 2.14. The number of carbonyl (C=O) groups excluding carboxylic acids is 1. The van der Waals surface area contributed by atoms with Crippen molar-refractivity contribution in [1.29, 1.82) is 0 Å². The van der Waals surface area contributed by atoms with Crippen LogP contribution in [0.25, 0.3) is 0 Å². The molecule has 0 rings (SSSR count). The molecule has 2 N–H and O–H groups in total. The zero-order valence-corrected chi connectivity index (χ0v) is 9.61. The highest BCUT2D eigenvalue weighted by atomic mass is 35.5. The Morgan fingerprint density at radius 3 is 2.31 bits per heavy atom. The third kappa shape index (κ3) is 5.88. The monoisotopic (exact) mass is 209 g/mol. The van der Waals surface area contributed by atoms with Crippen molar-refractivity contribution in [3.8, 4) is 0 Å². The lowest BCUT2D eigenvalue weighted by Gasteiger charge is -2.27. The zero-order valence-electron chi connectivity index (χ0n) is 8.79. The van der Waals surface area contributed by atoms with Crippen LogP contribution in [-0.2, 0) is 9.53 Å². The Balaban J connectivity index is 0. The van der Waals surface area contributed by atoms with Crippen molar-refractivity contribution in [2.24, 2.45) is 11.1 Å². The fraction of sp³-hybridized carbons (Fsp3) is 0.889. The van der Waals surface area contributed by atoms with Crippen molar-refractivity contribution >= 4 is 18.4 Å². The number of carbonyl (C=O) groups is 1. The molecule has 0 aliphatic rings. The molecule has 0 bridgehead atoms. The minimum absolute atomic E-state index is 0. The summed E-state index contributed by atoms with van der Waals surface area (Å²) in [6.07, 6.45) is 0.387. The highest BCUT2D eigenvalue weighted by molar-refractivity contribution is 5.85. The molecule has 0 aliphatic heterocycles. The van der Waals surface area contributed by atoms with Gasteiger partial charge in [-0.2, -0.15) is 0 Å². The highest BCUT2D eigenvalue weighted by Gasteiger charge is 2.26. The first kappa shape index (κ1) is 15.2. The molecular weight excluding hydrogens is 190 g/mol. The number of esters is 1. The van der Waals surface area contributed by atoms with Gasteiger partial charge in [0, 0.05) is 6.04 Å². The van der Waals surface area contributed by atoms with Gasteiger partial charge >= 0.3 is 5.97 Å². The van der Waals surface area contributed by atoms with Gasteiger partial charge in [-0.1, -0.05) is 13.8 Å². The van der Waals surface area contributed by atoms with Crippen LogP contribution in [0.1, 0.15) is 34.1 Å². The summed E-state index contributed by atoms with van der Waals surface area (Å²) in [4.78, 5) is 11.1. The highest BCUT2D eigenvalue weighted by Crippen LogP contribution is 2.23. The molecule has 1 unspecified atom stereocenters. The Morgan fingerprint density at radius 1 is 1.54 bits per heavy atom. The summed E-state index contributed by atoms with van der Waals surface area (Å²) in [5, 5.41) is 0. The molecule has 0 fully saturated rings. The Bertz CT molecular complexity index is 158. The number of halogens is 1. The van der Waals surface area contributed by atoms with Gasteiger partial charge in [0.15, 0.2) is 0 Å². The van der Waals surface area contributed by atoms with Gasteiger partial charge < -0.3 is 10.5 Å². The van der Waals surface area contributed by atoms with Crippen LogP contribution in [0.4, 0.5) is 0 Å². The molecule has 4 heteroatoms. The molecule has 0 saturated carbocycles. The van der Waals surface area contributed by atoms with Crippen LogP contribution < -0.4 is 5.73 Å². The molecule has 0 amide bonds. The van der Waals surface area contributed by atoms with E-state index in [9.17, 15) is 4.79 Å².